The van der Waals surface area contributed by atoms with Gasteiger partial charge in [-0.1, -0.05) is 25.1 Å². The first kappa shape index (κ1) is 18.3. The van der Waals surface area contributed by atoms with Crippen molar-refractivity contribution in [2.45, 2.75) is 47.5 Å². The van der Waals surface area contributed by atoms with E-state index in [1.54, 1.807) is 6.92 Å². The van der Waals surface area contributed by atoms with Crippen molar-refractivity contribution < 1.29 is 9.32 Å². The maximum atomic E-state index is 12.7. The predicted molar refractivity (Wildman–Crippen MR) is 105 cm³/mol. The summed E-state index contributed by atoms with van der Waals surface area (Å²) in [7, 11) is 0. The minimum absolute atomic E-state index is 0.0852. The van der Waals surface area contributed by atoms with Crippen LogP contribution in [0.4, 0.5) is 5.13 Å². The number of carbonyl (C=O) groups is 1. The fraction of sp³-hybridized carbons (Fsp3) is 0.350. The van der Waals surface area contributed by atoms with Crippen LogP contribution in [0, 0.1) is 27.7 Å². The van der Waals surface area contributed by atoms with Gasteiger partial charge in [0.2, 0.25) is 0 Å². The van der Waals surface area contributed by atoms with Gasteiger partial charge in [-0.3, -0.25) is 10.1 Å². The molecule has 26 heavy (non-hydrogen) atoms. The molecule has 3 aromatic rings. The number of aryl methyl sites for hydroxylation is 4. The first-order valence-electron chi connectivity index (χ1n) is 8.59. The second-order valence-electron chi connectivity index (χ2n) is 6.91. The molecule has 3 rings (SSSR count). The third-order valence-electron chi connectivity index (χ3n) is 4.48. The molecule has 2 heterocycles. The molecule has 0 fully saturated rings. The molecule has 0 saturated heterocycles. The Morgan fingerprint density at radius 3 is 2.50 bits per heavy atom. The van der Waals surface area contributed by atoms with Gasteiger partial charge >= 0.3 is 0 Å². The monoisotopic (exact) mass is 369 g/mol. The van der Waals surface area contributed by atoms with Crippen LogP contribution in [-0.4, -0.2) is 16.0 Å². The third kappa shape index (κ3) is 3.42. The highest BCUT2D eigenvalue weighted by molar-refractivity contribution is 7.14. The van der Waals surface area contributed by atoms with Crippen molar-refractivity contribution in [3.05, 3.63) is 51.2 Å². The lowest BCUT2D eigenvalue weighted by atomic mass is 9.99. The molecule has 6 heteroatoms. The minimum atomic E-state index is -0.231. The van der Waals surface area contributed by atoms with Gasteiger partial charge in [0.15, 0.2) is 10.9 Å². The Labute approximate surface area is 157 Å². The van der Waals surface area contributed by atoms with E-state index in [-0.39, 0.29) is 11.8 Å². The largest absolute Gasteiger partial charge is 0.360 e. The minimum Gasteiger partial charge on any atom is -0.360 e. The summed E-state index contributed by atoms with van der Waals surface area (Å²) in [4.78, 5) is 17.3. The second-order valence-corrected chi connectivity index (χ2v) is 7.76. The van der Waals surface area contributed by atoms with Gasteiger partial charge in [0, 0.05) is 16.9 Å². The highest BCUT2D eigenvalue weighted by Gasteiger charge is 2.23. The molecule has 0 aliphatic rings. The SMILES string of the molecule is Cc1cc(C)c(-c2csc(NC(=O)c3c(C)noc3C(C)C)n2)cc1C. The Hall–Kier alpha value is -2.47. The molecule has 1 N–H and O–H groups in total. The average molecular weight is 369 g/mol. The topological polar surface area (TPSA) is 68.0 Å². The number of hydrogen-bond donors (Lipinski definition) is 1. The number of nitrogens with one attached hydrogen (secondary N) is 1. The molecule has 5 nitrogen and oxygen atoms in total. The number of carbonyl (C=O) groups excluding carboxylic acids is 1. The van der Waals surface area contributed by atoms with Crippen LogP contribution in [-0.2, 0) is 0 Å². The van der Waals surface area contributed by atoms with Gasteiger partial charge in [-0.2, -0.15) is 0 Å². The molecule has 0 saturated carbocycles. The van der Waals surface area contributed by atoms with E-state index in [9.17, 15) is 4.79 Å². The zero-order valence-electron chi connectivity index (χ0n) is 15.9. The Bertz CT molecular complexity index is 970. The Morgan fingerprint density at radius 2 is 1.81 bits per heavy atom. The summed E-state index contributed by atoms with van der Waals surface area (Å²) in [6, 6.07) is 4.31. The molecule has 1 aromatic carbocycles. The smallest absolute Gasteiger partial charge is 0.262 e. The Balaban J connectivity index is 1.87. The van der Waals surface area contributed by atoms with Crippen LogP contribution < -0.4 is 5.32 Å². The van der Waals surface area contributed by atoms with E-state index in [4.69, 9.17) is 4.52 Å². The molecule has 1 amide bonds. The summed E-state index contributed by atoms with van der Waals surface area (Å²) < 4.78 is 5.30. The zero-order valence-corrected chi connectivity index (χ0v) is 16.7. The highest BCUT2D eigenvalue weighted by atomic mass is 32.1. The third-order valence-corrected chi connectivity index (χ3v) is 5.24. The fourth-order valence-electron chi connectivity index (χ4n) is 2.91. The molecule has 0 atom stereocenters. The number of benzene rings is 1. The van der Waals surface area contributed by atoms with Crippen LogP contribution in [0.3, 0.4) is 0 Å². The van der Waals surface area contributed by atoms with Crippen molar-refractivity contribution in [1.29, 1.82) is 0 Å². The Morgan fingerprint density at radius 1 is 1.12 bits per heavy atom. The van der Waals surface area contributed by atoms with Crippen LogP contribution in [0.25, 0.3) is 11.3 Å². The van der Waals surface area contributed by atoms with E-state index in [1.165, 1.54) is 28.0 Å². The summed E-state index contributed by atoms with van der Waals surface area (Å²) in [6.45, 7) is 12.0. The van der Waals surface area contributed by atoms with Crippen LogP contribution >= 0.6 is 11.3 Å². The number of aromatic nitrogens is 2. The molecular formula is C20H23N3O2S. The van der Waals surface area contributed by atoms with Crippen molar-refractivity contribution in [2.24, 2.45) is 0 Å². The van der Waals surface area contributed by atoms with Crippen molar-refractivity contribution in [2.75, 3.05) is 5.32 Å². The number of anilines is 1. The van der Waals surface area contributed by atoms with E-state index in [1.807, 2.05) is 19.2 Å². The van der Waals surface area contributed by atoms with Gasteiger partial charge < -0.3 is 4.52 Å². The predicted octanol–water partition coefficient (Wildman–Crippen LogP) is 5.41. The van der Waals surface area contributed by atoms with Crippen LogP contribution in [0.5, 0.6) is 0 Å². The molecule has 0 spiro atoms. The number of hydrogen-bond acceptors (Lipinski definition) is 5. The maximum absolute atomic E-state index is 12.7. The highest BCUT2D eigenvalue weighted by Crippen LogP contribution is 2.30. The van der Waals surface area contributed by atoms with Gasteiger partial charge in [0.1, 0.15) is 5.56 Å². The summed E-state index contributed by atoms with van der Waals surface area (Å²) >= 11 is 1.41. The summed E-state index contributed by atoms with van der Waals surface area (Å²) in [5.74, 6) is 0.453. The molecule has 2 aromatic heterocycles. The number of nitrogens with zero attached hydrogens (tertiary/aromatic N) is 2. The first-order chi connectivity index (χ1) is 12.3. The van der Waals surface area contributed by atoms with Gasteiger partial charge in [-0.15, -0.1) is 11.3 Å². The lowest BCUT2D eigenvalue weighted by molar-refractivity contribution is 0.102. The van der Waals surface area contributed by atoms with Crippen molar-refractivity contribution in [3.63, 3.8) is 0 Å². The van der Waals surface area contributed by atoms with E-state index in [2.05, 4.69) is 48.4 Å². The molecule has 136 valence electrons. The Kier molecular flexibility index (Phi) is 4.96. The van der Waals surface area contributed by atoms with Crippen molar-refractivity contribution in [1.82, 2.24) is 10.1 Å². The molecule has 0 aliphatic carbocycles. The standard InChI is InChI=1S/C20H23N3O2S/c1-10(2)18-17(14(6)23-25-18)19(24)22-20-21-16(9-26-20)15-8-12(4)11(3)7-13(15)5/h7-10H,1-6H3,(H,21,22,24). The molecule has 0 radical (unpaired) electrons. The summed E-state index contributed by atoms with van der Waals surface area (Å²) in [6.07, 6.45) is 0. The second kappa shape index (κ2) is 7.03. The molecule has 0 aliphatic heterocycles. The normalized spacial score (nSPS) is 11.2. The number of amides is 1. The lowest BCUT2D eigenvalue weighted by Crippen LogP contribution is -2.14. The van der Waals surface area contributed by atoms with Gasteiger partial charge in [-0.05, 0) is 50.5 Å². The van der Waals surface area contributed by atoms with Crippen LogP contribution in [0.2, 0.25) is 0 Å². The fourth-order valence-corrected chi connectivity index (χ4v) is 3.61. The van der Waals surface area contributed by atoms with E-state index >= 15 is 0 Å². The van der Waals surface area contributed by atoms with Crippen LogP contribution in [0.15, 0.2) is 22.0 Å². The van der Waals surface area contributed by atoms with E-state index in [0.717, 1.165) is 11.3 Å². The lowest BCUT2D eigenvalue weighted by Gasteiger charge is -2.07. The summed E-state index contributed by atoms with van der Waals surface area (Å²) in [5, 5.41) is 9.35. The van der Waals surface area contributed by atoms with Crippen molar-refractivity contribution in [3.8, 4) is 11.3 Å². The van der Waals surface area contributed by atoms with Crippen LogP contribution in [0.1, 0.15) is 58.3 Å². The average Bonchev–Trinajstić information content (AvgIpc) is 3.17. The van der Waals surface area contributed by atoms with E-state index < -0.39 is 0 Å². The molecule has 0 bridgehead atoms. The first-order valence-corrected chi connectivity index (χ1v) is 9.47. The number of rotatable bonds is 4. The van der Waals surface area contributed by atoms with Gasteiger partial charge in [-0.25, -0.2) is 4.98 Å². The van der Waals surface area contributed by atoms with Crippen molar-refractivity contribution >= 4 is 22.4 Å². The molecule has 0 unspecified atom stereocenters. The quantitative estimate of drug-likeness (QED) is 0.668. The van der Waals surface area contributed by atoms with E-state index in [0.29, 0.717) is 22.1 Å². The number of thiazole rings is 1. The zero-order chi connectivity index (χ0) is 19.0. The summed E-state index contributed by atoms with van der Waals surface area (Å²) in [5.41, 5.74) is 6.72. The van der Waals surface area contributed by atoms with Gasteiger partial charge in [0.05, 0.1) is 11.4 Å². The molecular weight excluding hydrogens is 346 g/mol. The maximum Gasteiger partial charge on any atom is 0.262 e. The van der Waals surface area contributed by atoms with Gasteiger partial charge in [0.25, 0.3) is 5.91 Å².